The van der Waals surface area contributed by atoms with E-state index < -0.39 is 0 Å². The number of aromatic nitrogens is 2. The van der Waals surface area contributed by atoms with Crippen molar-refractivity contribution >= 4 is 10.9 Å². The van der Waals surface area contributed by atoms with Crippen LogP contribution in [0.1, 0.15) is 38.9 Å². The normalized spacial score (nSPS) is 14.5. The minimum absolute atomic E-state index is 0.0332. The summed E-state index contributed by atoms with van der Waals surface area (Å²) in [4.78, 5) is 17.5. The van der Waals surface area contributed by atoms with Crippen molar-refractivity contribution in [1.29, 1.82) is 0 Å². The maximum absolute atomic E-state index is 12.8. The predicted molar refractivity (Wildman–Crippen MR) is 85.9 cm³/mol. The molecule has 0 N–H and O–H groups in total. The molecule has 1 aromatic carbocycles. The number of hydrogen-bond acceptors (Lipinski definition) is 4. The van der Waals surface area contributed by atoms with E-state index >= 15 is 0 Å². The molecule has 0 amide bonds. The first-order valence-electron chi connectivity index (χ1n) is 8.07. The first-order chi connectivity index (χ1) is 10.7. The van der Waals surface area contributed by atoms with Gasteiger partial charge in [0.15, 0.2) is 11.5 Å². The largest absolute Gasteiger partial charge is 0.490 e. The van der Waals surface area contributed by atoms with Gasteiger partial charge >= 0.3 is 0 Å². The summed E-state index contributed by atoms with van der Waals surface area (Å²) in [7, 11) is 0. The lowest BCUT2D eigenvalue weighted by Crippen LogP contribution is -2.24. The fourth-order valence-electron chi connectivity index (χ4n) is 2.96. The molecule has 1 aliphatic heterocycles. The Bertz CT molecular complexity index is 737. The quantitative estimate of drug-likeness (QED) is 0.871. The number of rotatable bonds is 4. The van der Waals surface area contributed by atoms with Gasteiger partial charge in [0.2, 0.25) is 0 Å². The van der Waals surface area contributed by atoms with Gasteiger partial charge in [-0.05, 0) is 32.8 Å². The average Bonchev–Trinajstić information content (AvgIpc) is 2.75. The number of hydrogen-bond donors (Lipinski definition) is 0. The molecule has 5 nitrogen and oxygen atoms in total. The van der Waals surface area contributed by atoms with Crippen molar-refractivity contribution < 1.29 is 9.47 Å². The van der Waals surface area contributed by atoms with Gasteiger partial charge in [0.05, 0.1) is 24.1 Å². The number of benzene rings is 1. The van der Waals surface area contributed by atoms with Crippen LogP contribution in [0.4, 0.5) is 0 Å². The molecule has 5 heteroatoms. The lowest BCUT2D eigenvalue weighted by molar-refractivity contribution is 0.288. The second-order valence-electron chi connectivity index (χ2n) is 5.48. The van der Waals surface area contributed by atoms with E-state index in [0.29, 0.717) is 35.6 Å². The van der Waals surface area contributed by atoms with Crippen molar-refractivity contribution in [2.45, 2.75) is 46.1 Å². The van der Waals surface area contributed by atoms with Crippen LogP contribution >= 0.6 is 0 Å². The molecule has 0 aliphatic carbocycles. The van der Waals surface area contributed by atoms with Crippen molar-refractivity contribution in [3.63, 3.8) is 0 Å². The summed E-state index contributed by atoms with van der Waals surface area (Å²) < 4.78 is 13.1. The molecule has 0 unspecified atom stereocenters. The lowest BCUT2D eigenvalue weighted by Gasteiger charge is -2.14. The molecular formula is C17H22N2O3. The molecule has 22 heavy (non-hydrogen) atoms. The Morgan fingerprint density at radius 1 is 1.09 bits per heavy atom. The number of fused-ring (bicyclic) bond motifs is 2. The number of nitrogens with zero attached hydrogens (tertiary/aromatic N) is 2. The van der Waals surface area contributed by atoms with Crippen LogP contribution in [0.25, 0.3) is 10.9 Å². The maximum atomic E-state index is 12.8. The van der Waals surface area contributed by atoms with Gasteiger partial charge in [-0.15, -0.1) is 0 Å². The van der Waals surface area contributed by atoms with Gasteiger partial charge in [-0.1, -0.05) is 6.42 Å². The molecule has 0 atom stereocenters. The molecule has 0 spiro atoms. The third-order valence-electron chi connectivity index (χ3n) is 3.98. The third-order valence-corrected chi connectivity index (χ3v) is 3.98. The molecule has 2 heterocycles. The Labute approximate surface area is 129 Å². The van der Waals surface area contributed by atoms with Crippen LogP contribution in [0, 0.1) is 0 Å². The fraction of sp³-hybridized carbons (Fsp3) is 0.529. The second kappa shape index (κ2) is 6.38. The zero-order valence-corrected chi connectivity index (χ0v) is 13.2. The van der Waals surface area contributed by atoms with Crippen molar-refractivity contribution in [3.05, 3.63) is 28.3 Å². The van der Waals surface area contributed by atoms with Gasteiger partial charge in [-0.3, -0.25) is 9.36 Å². The van der Waals surface area contributed by atoms with Crippen molar-refractivity contribution in [2.75, 3.05) is 13.2 Å². The molecule has 118 valence electrons. The van der Waals surface area contributed by atoms with E-state index in [2.05, 4.69) is 0 Å². The Morgan fingerprint density at radius 2 is 1.82 bits per heavy atom. The summed E-state index contributed by atoms with van der Waals surface area (Å²) in [6.07, 6.45) is 4.14. The zero-order chi connectivity index (χ0) is 15.5. The Kier molecular flexibility index (Phi) is 4.32. The molecule has 1 aromatic heterocycles. The maximum Gasteiger partial charge on any atom is 0.261 e. The van der Waals surface area contributed by atoms with Crippen molar-refractivity contribution in [3.8, 4) is 11.5 Å². The third kappa shape index (κ3) is 2.67. The lowest BCUT2D eigenvalue weighted by atomic mass is 10.2. The zero-order valence-electron chi connectivity index (χ0n) is 13.2. The van der Waals surface area contributed by atoms with Gasteiger partial charge in [0, 0.05) is 19.0 Å². The molecule has 0 saturated carbocycles. The van der Waals surface area contributed by atoms with Crippen molar-refractivity contribution in [1.82, 2.24) is 9.55 Å². The van der Waals surface area contributed by atoms with Crippen LogP contribution in [0.15, 0.2) is 16.9 Å². The van der Waals surface area contributed by atoms with Gasteiger partial charge in [0.1, 0.15) is 5.82 Å². The van der Waals surface area contributed by atoms with Gasteiger partial charge in [-0.2, -0.15) is 0 Å². The molecule has 2 aromatic rings. The Hall–Kier alpha value is -2.04. The molecule has 0 saturated heterocycles. The Morgan fingerprint density at radius 3 is 2.55 bits per heavy atom. The summed E-state index contributed by atoms with van der Waals surface area (Å²) in [5.41, 5.74) is 0.732. The summed E-state index contributed by atoms with van der Waals surface area (Å²) in [6.45, 7) is 5.69. The molecule has 1 aliphatic rings. The Balaban J connectivity index is 2.21. The topological polar surface area (TPSA) is 53.4 Å². The summed E-state index contributed by atoms with van der Waals surface area (Å²) >= 11 is 0. The van der Waals surface area contributed by atoms with Crippen LogP contribution in [-0.4, -0.2) is 22.8 Å². The monoisotopic (exact) mass is 302 g/mol. The highest BCUT2D eigenvalue weighted by atomic mass is 16.5. The molecular weight excluding hydrogens is 280 g/mol. The van der Waals surface area contributed by atoms with E-state index in [-0.39, 0.29) is 5.56 Å². The van der Waals surface area contributed by atoms with Crippen LogP contribution in [0.5, 0.6) is 11.5 Å². The van der Waals surface area contributed by atoms with E-state index in [9.17, 15) is 4.79 Å². The predicted octanol–water partition coefficient (Wildman–Crippen LogP) is 2.92. The molecule has 0 fully saturated rings. The molecule has 0 radical (unpaired) electrons. The van der Waals surface area contributed by atoms with Crippen LogP contribution in [0.3, 0.4) is 0 Å². The average molecular weight is 302 g/mol. The smallest absolute Gasteiger partial charge is 0.261 e. The minimum atomic E-state index is 0.0332. The van der Waals surface area contributed by atoms with E-state index in [4.69, 9.17) is 14.5 Å². The van der Waals surface area contributed by atoms with Gasteiger partial charge < -0.3 is 9.47 Å². The minimum Gasteiger partial charge on any atom is -0.490 e. The van der Waals surface area contributed by atoms with Gasteiger partial charge in [-0.25, -0.2) is 4.98 Å². The summed E-state index contributed by atoms with van der Waals surface area (Å²) in [6, 6.07) is 3.61. The standard InChI is InChI=1S/C17H22N2O3/c1-3-21-14-10-12-13(11-15(14)22-4-2)18-16-8-6-5-7-9-19(16)17(12)20/h10-11H,3-9H2,1-2H3. The van der Waals surface area contributed by atoms with E-state index in [1.54, 1.807) is 6.07 Å². The first-order valence-corrected chi connectivity index (χ1v) is 8.07. The molecule has 0 bridgehead atoms. The summed E-state index contributed by atoms with van der Waals surface area (Å²) in [5, 5.41) is 0.609. The van der Waals surface area contributed by atoms with Crippen LogP contribution in [0.2, 0.25) is 0 Å². The molecule has 3 rings (SSSR count). The van der Waals surface area contributed by atoms with E-state index in [0.717, 1.165) is 38.1 Å². The first kappa shape index (κ1) is 14.9. The van der Waals surface area contributed by atoms with Crippen LogP contribution in [-0.2, 0) is 13.0 Å². The highest BCUT2D eigenvalue weighted by Gasteiger charge is 2.16. The number of ether oxygens (including phenoxy) is 2. The highest BCUT2D eigenvalue weighted by Crippen LogP contribution is 2.31. The summed E-state index contributed by atoms with van der Waals surface area (Å²) in [5.74, 6) is 2.16. The van der Waals surface area contributed by atoms with Crippen LogP contribution < -0.4 is 15.0 Å². The van der Waals surface area contributed by atoms with Gasteiger partial charge in [0.25, 0.3) is 5.56 Å². The van der Waals surface area contributed by atoms with Crippen molar-refractivity contribution in [2.24, 2.45) is 0 Å². The van der Waals surface area contributed by atoms with E-state index in [1.807, 2.05) is 24.5 Å². The number of aryl methyl sites for hydroxylation is 1. The fourth-order valence-corrected chi connectivity index (χ4v) is 2.96. The van der Waals surface area contributed by atoms with E-state index in [1.165, 1.54) is 0 Å². The second-order valence-corrected chi connectivity index (χ2v) is 5.48. The highest BCUT2D eigenvalue weighted by molar-refractivity contribution is 5.82. The SMILES string of the molecule is CCOc1cc2nc3n(c(=O)c2cc1OCC)CCCCC3.